The van der Waals surface area contributed by atoms with Gasteiger partial charge >= 0.3 is 5.97 Å². The molecular weight excluding hydrogens is 491 g/mol. The Bertz CT molecular complexity index is 994. The largest absolute Gasteiger partial charge is 0.480 e. The lowest BCUT2D eigenvalue weighted by molar-refractivity contribution is -0.140. The number of halogens is 2. The predicted octanol–water partition coefficient (Wildman–Crippen LogP) is 4.48. The van der Waals surface area contributed by atoms with Crippen LogP contribution in [0.15, 0.2) is 42.6 Å². The Balaban J connectivity index is 1.39. The topological polar surface area (TPSA) is 112 Å². The van der Waals surface area contributed by atoms with Crippen LogP contribution in [-0.4, -0.2) is 58.5 Å². The summed E-state index contributed by atoms with van der Waals surface area (Å²) in [6, 6.07) is 9.30. The highest BCUT2D eigenvalue weighted by atomic mass is 35.5. The maximum atomic E-state index is 12.6. The Morgan fingerprint density at radius 3 is 2.40 bits per heavy atom. The second kappa shape index (κ2) is 13.3. The van der Waals surface area contributed by atoms with Crippen LogP contribution in [0.1, 0.15) is 48.9 Å². The first-order valence-electron chi connectivity index (χ1n) is 11.8. The summed E-state index contributed by atoms with van der Waals surface area (Å²) in [6.07, 6.45) is 5.55. The Hall–Kier alpha value is -2.84. The van der Waals surface area contributed by atoms with Gasteiger partial charge in [0.15, 0.2) is 0 Å². The van der Waals surface area contributed by atoms with Crippen LogP contribution in [0.3, 0.4) is 0 Å². The molecule has 10 heteroatoms. The third-order valence-corrected chi connectivity index (χ3v) is 6.75. The minimum Gasteiger partial charge on any atom is -0.480 e. The summed E-state index contributed by atoms with van der Waals surface area (Å²) in [4.78, 5) is 43.0. The molecular formula is C25H30Cl2N4O4. The van der Waals surface area contributed by atoms with Crippen molar-refractivity contribution >= 4 is 46.8 Å². The number of likely N-dealkylation sites (tertiary alicyclic amines) is 1. The lowest BCUT2D eigenvalue weighted by Gasteiger charge is -2.33. The van der Waals surface area contributed by atoms with Crippen LogP contribution in [0.5, 0.6) is 0 Å². The molecule has 8 nitrogen and oxygen atoms in total. The number of unbranched alkanes of at least 4 members (excludes halogenated alkanes) is 1. The third kappa shape index (κ3) is 8.11. The number of hydrogen-bond donors (Lipinski definition) is 3. The fourth-order valence-electron chi connectivity index (χ4n) is 4.16. The maximum Gasteiger partial charge on any atom is 0.326 e. The van der Waals surface area contributed by atoms with Gasteiger partial charge in [0.2, 0.25) is 5.91 Å². The van der Waals surface area contributed by atoms with Crippen molar-refractivity contribution in [2.24, 2.45) is 5.92 Å². The van der Waals surface area contributed by atoms with Gasteiger partial charge in [-0.15, -0.1) is 0 Å². The van der Waals surface area contributed by atoms with Crippen molar-refractivity contribution in [2.45, 2.75) is 44.6 Å². The van der Waals surface area contributed by atoms with Crippen molar-refractivity contribution in [3.05, 3.63) is 58.2 Å². The summed E-state index contributed by atoms with van der Waals surface area (Å²) in [6.45, 7) is 1.94. The summed E-state index contributed by atoms with van der Waals surface area (Å²) in [7, 11) is 0. The fourth-order valence-corrected chi connectivity index (χ4v) is 4.73. The molecule has 0 radical (unpaired) electrons. The molecule has 35 heavy (non-hydrogen) atoms. The number of carbonyl (C=O) groups is 3. The number of piperidine rings is 1. The third-order valence-electron chi connectivity index (χ3n) is 6.12. The van der Waals surface area contributed by atoms with Crippen LogP contribution in [0.4, 0.5) is 5.82 Å². The van der Waals surface area contributed by atoms with E-state index in [9.17, 15) is 19.5 Å². The van der Waals surface area contributed by atoms with E-state index in [1.54, 1.807) is 12.3 Å². The first kappa shape index (κ1) is 26.8. The van der Waals surface area contributed by atoms with Crippen LogP contribution < -0.4 is 10.6 Å². The zero-order valence-corrected chi connectivity index (χ0v) is 20.9. The standard InChI is InChI=1S/C25H30Cl2N4O4/c26-18-6-5-7-19(27)23(18)24(33)30-20(25(34)35)16-17-10-14-31(15-11-17)22(32)9-2-4-13-29-21-8-1-3-12-28-21/h1,3,5-8,12,17,20H,2,4,9-11,13-16H2,(H,28,29)(H,30,33)(H,34,35)/t20-/m0/s1. The van der Waals surface area contributed by atoms with E-state index in [2.05, 4.69) is 15.6 Å². The Morgan fingerprint density at radius 2 is 1.77 bits per heavy atom. The van der Waals surface area contributed by atoms with Crippen molar-refractivity contribution in [1.29, 1.82) is 0 Å². The van der Waals surface area contributed by atoms with Gasteiger partial charge in [-0.25, -0.2) is 9.78 Å². The van der Waals surface area contributed by atoms with Crippen LogP contribution in [-0.2, 0) is 9.59 Å². The number of nitrogens with one attached hydrogen (secondary N) is 2. The summed E-state index contributed by atoms with van der Waals surface area (Å²) in [5.74, 6) is -0.688. The number of rotatable bonds is 11. The number of pyridine rings is 1. The molecule has 1 aromatic carbocycles. The average Bonchev–Trinajstić information content (AvgIpc) is 2.84. The molecule has 0 unspecified atom stereocenters. The molecule has 1 atom stereocenters. The molecule has 1 saturated heterocycles. The lowest BCUT2D eigenvalue weighted by atomic mass is 9.90. The van der Waals surface area contributed by atoms with Gasteiger partial charge in [-0.1, -0.05) is 35.3 Å². The van der Waals surface area contributed by atoms with E-state index in [1.807, 2.05) is 23.1 Å². The van der Waals surface area contributed by atoms with Crippen LogP contribution >= 0.6 is 23.2 Å². The normalized spacial score (nSPS) is 14.9. The van der Waals surface area contributed by atoms with Crippen molar-refractivity contribution in [3.8, 4) is 0 Å². The zero-order valence-electron chi connectivity index (χ0n) is 19.4. The van der Waals surface area contributed by atoms with Gasteiger partial charge < -0.3 is 20.6 Å². The molecule has 1 aliphatic rings. The molecule has 0 bridgehead atoms. The summed E-state index contributed by atoms with van der Waals surface area (Å²) >= 11 is 12.1. The highest BCUT2D eigenvalue weighted by Gasteiger charge is 2.29. The zero-order chi connectivity index (χ0) is 25.2. The highest BCUT2D eigenvalue weighted by molar-refractivity contribution is 6.39. The second-order valence-electron chi connectivity index (χ2n) is 8.62. The van der Waals surface area contributed by atoms with E-state index in [0.717, 1.165) is 25.2 Å². The number of amides is 2. The molecule has 0 aliphatic carbocycles. The predicted molar refractivity (Wildman–Crippen MR) is 136 cm³/mol. The minimum atomic E-state index is -1.11. The van der Waals surface area contributed by atoms with Gasteiger partial charge in [-0.05, 0) is 62.3 Å². The molecule has 0 saturated carbocycles. The molecule has 188 valence electrons. The lowest BCUT2D eigenvalue weighted by Crippen LogP contribution is -2.44. The molecule has 2 heterocycles. The number of aliphatic carboxylic acids is 1. The number of nitrogens with zero attached hydrogens (tertiary/aromatic N) is 2. The molecule has 3 N–H and O–H groups in total. The summed E-state index contributed by atoms with van der Waals surface area (Å²) < 4.78 is 0. The van der Waals surface area contributed by atoms with E-state index >= 15 is 0 Å². The van der Waals surface area contributed by atoms with Gasteiger partial charge in [0.05, 0.1) is 15.6 Å². The molecule has 2 amide bonds. The van der Waals surface area contributed by atoms with Crippen LogP contribution in [0.25, 0.3) is 0 Å². The average molecular weight is 521 g/mol. The Labute approximate surface area is 215 Å². The van der Waals surface area contributed by atoms with E-state index in [4.69, 9.17) is 23.2 Å². The molecule has 1 aliphatic heterocycles. The Kier molecular flexibility index (Phi) is 10.2. The van der Waals surface area contributed by atoms with Crippen LogP contribution in [0.2, 0.25) is 10.0 Å². The number of carboxylic acids is 1. The van der Waals surface area contributed by atoms with Crippen LogP contribution in [0, 0.1) is 5.92 Å². The summed E-state index contributed by atoms with van der Waals surface area (Å²) in [5, 5.41) is 15.7. The number of anilines is 1. The van der Waals surface area contributed by atoms with E-state index in [1.165, 1.54) is 12.1 Å². The monoisotopic (exact) mass is 520 g/mol. The summed E-state index contributed by atoms with van der Waals surface area (Å²) in [5.41, 5.74) is 0.0673. The van der Waals surface area contributed by atoms with Gasteiger partial charge in [0.25, 0.3) is 5.91 Å². The van der Waals surface area contributed by atoms with E-state index in [0.29, 0.717) is 32.4 Å². The maximum absolute atomic E-state index is 12.6. The molecule has 1 aromatic heterocycles. The molecule has 3 rings (SSSR count). The van der Waals surface area contributed by atoms with E-state index in [-0.39, 0.29) is 33.9 Å². The van der Waals surface area contributed by atoms with Gasteiger partial charge in [0.1, 0.15) is 11.9 Å². The van der Waals surface area contributed by atoms with Crippen molar-refractivity contribution in [1.82, 2.24) is 15.2 Å². The molecule has 1 fully saturated rings. The van der Waals surface area contributed by atoms with Gasteiger partial charge in [0, 0.05) is 32.3 Å². The first-order valence-corrected chi connectivity index (χ1v) is 12.5. The minimum absolute atomic E-state index is 0.0673. The SMILES string of the molecule is O=C(N[C@@H](CC1CCN(C(=O)CCCCNc2ccccn2)CC1)C(=O)O)c1c(Cl)cccc1Cl. The number of hydrogen-bond acceptors (Lipinski definition) is 5. The molecule has 2 aromatic rings. The van der Waals surface area contributed by atoms with Crippen molar-refractivity contribution in [2.75, 3.05) is 25.0 Å². The molecule has 0 spiro atoms. The second-order valence-corrected chi connectivity index (χ2v) is 9.43. The highest BCUT2D eigenvalue weighted by Crippen LogP contribution is 2.26. The number of aromatic nitrogens is 1. The smallest absolute Gasteiger partial charge is 0.326 e. The van der Waals surface area contributed by atoms with Crippen molar-refractivity contribution < 1.29 is 19.5 Å². The Morgan fingerprint density at radius 1 is 1.06 bits per heavy atom. The number of carbonyl (C=O) groups excluding carboxylic acids is 2. The fraction of sp³-hybridized carbons (Fsp3) is 0.440. The number of benzene rings is 1. The van der Waals surface area contributed by atoms with Gasteiger partial charge in [-0.3, -0.25) is 9.59 Å². The van der Waals surface area contributed by atoms with Crippen molar-refractivity contribution in [3.63, 3.8) is 0 Å². The quantitative estimate of drug-likeness (QED) is 0.376. The number of carboxylic acid groups (broad SMARTS) is 1. The van der Waals surface area contributed by atoms with Gasteiger partial charge in [-0.2, -0.15) is 0 Å². The first-order chi connectivity index (χ1) is 16.8. The van der Waals surface area contributed by atoms with E-state index < -0.39 is 17.9 Å².